The van der Waals surface area contributed by atoms with Crippen molar-refractivity contribution in [2.75, 3.05) is 12.0 Å². The molecular formula is C13H18N6O. The van der Waals surface area contributed by atoms with E-state index in [1.54, 1.807) is 10.7 Å². The molecule has 0 aliphatic carbocycles. The van der Waals surface area contributed by atoms with E-state index in [-0.39, 0.29) is 5.91 Å². The second-order valence-corrected chi connectivity index (χ2v) is 4.50. The highest BCUT2D eigenvalue weighted by molar-refractivity contribution is 5.99. The number of nitrogens with zero attached hydrogens (tertiary/aromatic N) is 3. The Bertz CT molecular complexity index is 607. The predicted octanol–water partition coefficient (Wildman–Crippen LogP) is 0.382. The molecule has 2 aromatic rings. The lowest BCUT2D eigenvalue weighted by molar-refractivity contribution is 0.0954. The SMILES string of the molecule is Cc1cc(NN)c(C(=O)NCCc2ccn(C)n2)cn1. The van der Waals surface area contributed by atoms with E-state index in [4.69, 9.17) is 5.84 Å². The summed E-state index contributed by atoms with van der Waals surface area (Å²) in [6, 6.07) is 3.65. The van der Waals surface area contributed by atoms with Crippen LogP contribution in [-0.2, 0) is 13.5 Å². The molecule has 2 rings (SSSR count). The van der Waals surface area contributed by atoms with Crippen LogP contribution in [0.15, 0.2) is 24.5 Å². The van der Waals surface area contributed by atoms with Gasteiger partial charge in [0.05, 0.1) is 16.9 Å². The minimum atomic E-state index is -0.207. The fraction of sp³-hybridized carbons (Fsp3) is 0.308. The smallest absolute Gasteiger partial charge is 0.255 e. The van der Waals surface area contributed by atoms with Gasteiger partial charge in [-0.25, -0.2) is 0 Å². The molecule has 0 saturated carbocycles. The molecule has 0 saturated heterocycles. The molecule has 1 amide bonds. The number of aromatic nitrogens is 3. The van der Waals surface area contributed by atoms with Crippen LogP contribution in [-0.4, -0.2) is 27.2 Å². The number of amides is 1. The number of nitrogens with two attached hydrogens (primary N) is 1. The maximum absolute atomic E-state index is 12.1. The highest BCUT2D eigenvalue weighted by atomic mass is 16.1. The van der Waals surface area contributed by atoms with Gasteiger partial charge in [0.2, 0.25) is 0 Å². The first-order valence-corrected chi connectivity index (χ1v) is 6.30. The summed E-state index contributed by atoms with van der Waals surface area (Å²) in [7, 11) is 1.86. The van der Waals surface area contributed by atoms with Gasteiger partial charge < -0.3 is 10.7 Å². The number of hydrogen-bond acceptors (Lipinski definition) is 5. The van der Waals surface area contributed by atoms with E-state index in [1.165, 1.54) is 6.20 Å². The van der Waals surface area contributed by atoms with Crippen molar-refractivity contribution >= 4 is 11.6 Å². The van der Waals surface area contributed by atoms with Gasteiger partial charge in [-0.15, -0.1) is 0 Å². The number of carbonyl (C=O) groups is 1. The number of nitrogen functional groups attached to an aromatic ring is 1. The highest BCUT2D eigenvalue weighted by Gasteiger charge is 2.11. The standard InChI is InChI=1S/C13H18N6O/c1-9-7-12(17-14)11(8-16-9)13(20)15-5-3-10-4-6-19(2)18-10/h4,6-8H,3,5,14H2,1-2H3,(H,15,20)(H,16,17). The zero-order chi connectivity index (χ0) is 14.5. The molecule has 4 N–H and O–H groups in total. The van der Waals surface area contributed by atoms with Gasteiger partial charge in [0.1, 0.15) is 0 Å². The molecule has 7 nitrogen and oxygen atoms in total. The monoisotopic (exact) mass is 274 g/mol. The Balaban J connectivity index is 1.95. The Morgan fingerprint density at radius 3 is 2.95 bits per heavy atom. The Labute approximate surface area is 117 Å². The van der Waals surface area contributed by atoms with Crippen molar-refractivity contribution in [2.45, 2.75) is 13.3 Å². The molecule has 0 bridgehead atoms. The molecule has 0 fully saturated rings. The van der Waals surface area contributed by atoms with Crippen LogP contribution in [0.5, 0.6) is 0 Å². The summed E-state index contributed by atoms with van der Waals surface area (Å²) >= 11 is 0. The zero-order valence-corrected chi connectivity index (χ0v) is 11.6. The van der Waals surface area contributed by atoms with Crippen LogP contribution < -0.4 is 16.6 Å². The van der Waals surface area contributed by atoms with Crippen LogP contribution in [0.3, 0.4) is 0 Å². The fourth-order valence-electron chi connectivity index (χ4n) is 1.86. The number of hydrazine groups is 1. The lowest BCUT2D eigenvalue weighted by atomic mass is 10.2. The highest BCUT2D eigenvalue weighted by Crippen LogP contribution is 2.14. The number of aryl methyl sites for hydroxylation is 2. The van der Waals surface area contributed by atoms with Crippen molar-refractivity contribution in [3.63, 3.8) is 0 Å². The summed E-state index contributed by atoms with van der Waals surface area (Å²) in [4.78, 5) is 16.2. The van der Waals surface area contributed by atoms with E-state index < -0.39 is 0 Å². The number of nitrogens with one attached hydrogen (secondary N) is 2. The van der Waals surface area contributed by atoms with Gasteiger partial charge in [-0.1, -0.05) is 0 Å². The maximum Gasteiger partial charge on any atom is 0.255 e. The third-order valence-electron chi connectivity index (χ3n) is 2.88. The number of carbonyl (C=O) groups excluding carboxylic acids is 1. The summed E-state index contributed by atoms with van der Waals surface area (Å²) in [6.07, 6.45) is 4.06. The number of pyridine rings is 1. The predicted molar refractivity (Wildman–Crippen MR) is 76.0 cm³/mol. The molecule has 0 spiro atoms. The lowest BCUT2D eigenvalue weighted by Gasteiger charge is -2.09. The van der Waals surface area contributed by atoms with Gasteiger partial charge in [-0.05, 0) is 19.1 Å². The fourth-order valence-corrected chi connectivity index (χ4v) is 1.86. The van der Waals surface area contributed by atoms with Crippen LogP contribution >= 0.6 is 0 Å². The van der Waals surface area contributed by atoms with E-state index in [1.807, 2.05) is 26.2 Å². The number of hydrogen-bond donors (Lipinski definition) is 3. The van der Waals surface area contributed by atoms with E-state index >= 15 is 0 Å². The second-order valence-electron chi connectivity index (χ2n) is 4.50. The van der Waals surface area contributed by atoms with Gasteiger partial charge in [-0.2, -0.15) is 5.10 Å². The molecule has 7 heteroatoms. The van der Waals surface area contributed by atoms with Crippen molar-refractivity contribution in [3.8, 4) is 0 Å². The van der Waals surface area contributed by atoms with Gasteiger partial charge >= 0.3 is 0 Å². The van der Waals surface area contributed by atoms with E-state index in [0.29, 0.717) is 24.2 Å². The molecule has 20 heavy (non-hydrogen) atoms. The van der Waals surface area contributed by atoms with Crippen molar-refractivity contribution < 1.29 is 4.79 Å². The summed E-state index contributed by atoms with van der Waals surface area (Å²) in [5.41, 5.74) is 5.24. The minimum absolute atomic E-state index is 0.207. The Morgan fingerprint density at radius 1 is 1.50 bits per heavy atom. The molecule has 0 aliphatic rings. The average Bonchev–Trinajstić information content (AvgIpc) is 2.84. The molecule has 0 unspecified atom stereocenters. The van der Waals surface area contributed by atoms with E-state index in [0.717, 1.165) is 11.4 Å². The average molecular weight is 274 g/mol. The third kappa shape index (κ3) is 3.33. The van der Waals surface area contributed by atoms with Gasteiger partial charge in [0.25, 0.3) is 5.91 Å². The topological polar surface area (TPSA) is 97.9 Å². The first-order valence-electron chi connectivity index (χ1n) is 6.30. The van der Waals surface area contributed by atoms with Crippen LogP contribution in [0.1, 0.15) is 21.7 Å². The molecule has 0 atom stereocenters. The molecular weight excluding hydrogens is 256 g/mol. The van der Waals surface area contributed by atoms with Gasteiger partial charge in [-0.3, -0.25) is 20.3 Å². The summed E-state index contributed by atoms with van der Waals surface area (Å²) in [5.74, 6) is 5.20. The van der Waals surface area contributed by atoms with Crippen LogP contribution in [0.2, 0.25) is 0 Å². The normalized spacial score (nSPS) is 10.3. The third-order valence-corrected chi connectivity index (χ3v) is 2.88. The molecule has 2 heterocycles. The molecule has 0 aromatic carbocycles. The summed E-state index contributed by atoms with van der Waals surface area (Å²) < 4.78 is 1.73. The lowest BCUT2D eigenvalue weighted by Crippen LogP contribution is -2.27. The Hall–Kier alpha value is -2.41. The molecule has 0 radical (unpaired) electrons. The maximum atomic E-state index is 12.1. The Morgan fingerprint density at radius 2 is 2.30 bits per heavy atom. The largest absolute Gasteiger partial charge is 0.352 e. The second kappa shape index (κ2) is 6.16. The van der Waals surface area contributed by atoms with Crippen LogP contribution in [0.25, 0.3) is 0 Å². The summed E-state index contributed by atoms with van der Waals surface area (Å²) in [6.45, 7) is 2.34. The number of rotatable bonds is 5. The van der Waals surface area contributed by atoms with Crippen LogP contribution in [0.4, 0.5) is 5.69 Å². The van der Waals surface area contributed by atoms with Crippen molar-refractivity contribution in [3.05, 3.63) is 41.5 Å². The molecule has 2 aromatic heterocycles. The molecule has 106 valence electrons. The molecule has 0 aliphatic heterocycles. The first-order chi connectivity index (χ1) is 9.60. The van der Waals surface area contributed by atoms with E-state index in [9.17, 15) is 4.79 Å². The minimum Gasteiger partial charge on any atom is -0.352 e. The van der Waals surface area contributed by atoms with Crippen molar-refractivity contribution in [1.29, 1.82) is 0 Å². The zero-order valence-electron chi connectivity index (χ0n) is 11.6. The Kier molecular flexibility index (Phi) is 4.31. The first kappa shape index (κ1) is 14.0. The quantitative estimate of drug-likeness (QED) is 0.541. The van der Waals surface area contributed by atoms with Crippen molar-refractivity contribution in [1.82, 2.24) is 20.1 Å². The number of anilines is 1. The summed E-state index contributed by atoms with van der Waals surface area (Å²) in [5, 5.41) is 7.07. The van der Waals surface area contributed by atoms with Crippen LogP contribution in [0, 0.1) is 6.92 Å². The van der Waals surface area contributed by atoms with Gasteiger partial charge in [0.15, 0.2) is 0 Å². The van der Waals surface area contributed by atoms with Gasteiger partial charge in [0, 0.05) is 38.1 Å². The van der Waals surface area contributed by atoms with Crippen molar-refractivity contribution in [2.24, 2.45) is 12.9 Å². The van der Waals surface area contributed by atoms with E-state index in [2.05, 4.69) is 20.8 Å².